The lowest BCUT2D eigenvalue weighted by atomic mass is 9.70. The van der Waals surface area contributed by atoms with E-state index in [1.807, 2.05) is 11.8 Å². The van der Waals surface area contributed by atoms with Gasteiger partial charge in [0.1, 0.15) is 0 Å². The maximum atomic E-state index is 3.66. The first kappa shape index (κ1) is 29.2. The van der Waals surface area contributed by atoms with E-state index >= 15 is 0 Å². The van der Waals surface area contributed by atoms with Crippen LogP contribution >= 0.6 is 11.8 Å². The Labute approximate surface area is 206 Å². The molecule has 0 nitrogen and oxygen atoms in total. The molecule has 0 unspecified atom stereocenters. The molecule has 0 atom stereocenters. The minimum Gasteiger partial charge on any atom is -0.159 e. The first-order chi connectivity index (χ1) is 14.1. The molecule has 0 spiro atoms. The topological polar surface area (TPSA) is 0 Å². The zero-order valence-corrected chi connectivity index (χ0v) is 24.7. The van der Waals surface area contributed by atoms with Gasteiger partial charge in [0.25, 0.3) is 0 Å². The average Bonchev–Trinajstić information content (AvgIpc) is 2.57. The van der Waals surface area contributed by atoms with Gasteiger partial charge in [0.2, 0.25) is 0 Å². The molecule has 182 valence electrons. The Morgan fingerprint density at radius 3 is 1.25 bits per heavy atom. The predicted octanol–water partition coefficient (Wildman–Crippen LogP) is 9.66. The largest absolute Gasteiger partial charge is 0.159 e. The van der Waals surface area contributed by atoms with Crippen molar-refractivity contribution in [3.8, 4) is 11.8 Å². The van der Waals surface area contributed by atoms with Crippen molar-refractivity contribution in [1.29, 1.82) is 0 Å². The fraction of sp³-hybridized carbons (Fsp3) is 0.742. The van der Waals surface area contributed by atoms with E-state index in [0.29, 0.717) is 5.41 Å². The molecule has 1 heteroatoms. The molecular weight excluding hydrogens is 404 g/mol. The molecule has 0 aliphatic rings. The second-order valence-corrected chi connectivity index (χ2v) is 15.9. The molecule has 1 rings (SSSR count). The van der Waals surface area contributed by atoms with Crippen LogP contribution in [0.25, 0.3) is 0 Å². The maximum Gasteiger partial charge on any atom is 0.0266 e. The van der Waals surface area contributed by atoms with Gasteiger partial charge in [0, 0.05) is 15.6 Å². The molecular formula is C31H52S. The number of thioether (sulfide) groups is 1. The van der Waals surface area contributed by atoms with Gasteiger partial charge < -0.3 is 0 Å². The van der Waals surface area contributed by atoms with E-state index in [9.17, 15) is 0 Å². The standard InChI is InChI=1S/C31H52S/c1-26(2,3)21-27(4,5)19-20-28(6,7)22-29(8,9)24-15-17-25(18-16-24)30(10,11)23-31(12,13)32-14/h15-18H,21-23H2,1-14H3. The highest BCUT2D eigenvalue weighted by molar-refractivity contribution is 7.99. The quantitative estimate of drug-likeness (QED) is 0.351. The van der Waals surface area contributed by atoms with E-state index in [1.54, 1.807) is 0 Å². The summed E-state index contributed by atoms with van der Waals surface area (Å²) in [5.74, 6) is 7.30. The summed E-state index contributed by atoms with van der Waals surface area (Å²) in [7, 11) is 0. The summed E-state index contributed by atoms with van der Waals surface area (Å²) in [6.07, 6.45) is 5.53. The van der Waals surface area contributed by atoms with Crippen LogP contribution in [0.15, 0.2) is 24.3 Å². The summed E-state index contributed by atoms with van der Waals surface area (Å²) in [4.78, 5) is 0. The van der Waals surface area contributed by atoms with Crippen LogP contribution in [0.4, 0.5) is 0 Å². The number of benzene rings is 1. The summed E-state index contributed by atoms with van der Waals surface area (Å²) >= 11 is 1.96. The van der Waals surface area contributed by atoms with Gasteiger partial charge in [-0.15, -0.1) is 0 Å². The van der Waals surface area contributed by atoms with Crippen molar-refractivity contribution in [1.82, 2.24) is 0 Å². The van der Waals surface area contributed by atoms with Gasteiger partial charge in [-0.05, 0) is 80.6 Å². The van der Waals surface area contributed by atoms with Crippen molar-refractivity contribution in [2.75, 3.05) is 6.26 Å². The lowest BCUT2D eigenvalue weighted by Gasteiger charge is -2.36. The lowest BCUT2D eigenvalue weighted by Crippen LogP contribution is -2.29. The highest BCUT2D eigenvalue weighted by Crippen LogP contribution is 2.41. The molecule has 0 fully saturated rings. The van der Waals surface area contributed by atoms with Crippen molar-refractivity contribution >= 4 is 11.8 Å². The first-order valence-corrected chi connectivity index (χ1v) is 13.5. The Kier molecular flexibility index (Phi) is 8.91. The Balaban J connectivity index is 3.04. The number of hydrogen-bond acceptors (Lipinski definition) is 1. The third-order valence-corrected chi connectivity index (χ3v) is 7.71. The van der Waals surface area contributed by atoms with Gasteiger partial charge in [-0.2, -0.15) is 11.8 Å². The number of hydrogen-bond donors (Lipinski definition) is 0. The summed E-state index contributed by atoms with van der Waals surface area (Å²) in [5, 5.41) is 0. The van der Waals surface area contributed by atoms with Gasteiger partial charge >= 0.3 is 0 Å². The summed E-state index contributed by atoms with van der Waals surface area (Å²) in [6.45, 7) is 30.3. The molecule has 0 aromatic heterocycles. The van der Waals surface area contributed by atoms with Gasteiger partial charge in [-0.3, -0.25) is 0 Å². The summed E-state index contributed by atoms with van der Waals surface area (Å²) < 4.78 is 0.283. The minimum absolute atomic E-state index is 0.0288. The molecule has 0 aliphatic heterocycles. The minimum atomic E-state index is -0.0288. The SMILES string of the molecule is CSC(C)(C)CC(C)(C)c1ccc(C(C)(C)CC(C)(C)C#CC(C)(C)CC(C)(C)C)cc1. The Morgan fingerprint density at radius 1 is 0.562 bits per heavy atom. The second kappa shape index (κ2) is 9.78. The normalized spacial score (nSPS) is 14.2. The second-order valence-electron chi connectivity index (χ2n) is 14.4. The molecule has 1 aromatic carbocycles. The Bertz CT molecular complexity index is 799. The molecule has 0 bridgehead atoms. The fourth-order valence-corrected chi connectivity index (χ4v) is 6.08. The molecule has 1 aromatic rings. The molecule has 0 radical (unpaired) electrons. The molecule has 0 amide bonds. The van der Waals surface area contributed by atoms with Crippen LogP contribution in [0, 0.1) is 28.1 Å². The summed E-state index contributed by atoms with van der Waals surface area (Å²) in [5.41, 5.74) is 3.39. The van der Waals surface area contributed by atoms with Crippen LogP contribution < -0.4 is 0 Å². The average molecular weight is 457 g/mol. The van der Waals surface area contributed by atoms with Gasteiger partial charge in [0.15, 0.2) is 0 Å². The third-order valence-electron chi connectivity index (χ3n) is 6.46. The van der Waals surface area contributed by atoms with E-state index in [1.165, 1.54) is 11.1 Å². The molecule has 0 heterocycles. The van der Waals surface area contributed by atoms with Gasteiger partial charge in [-0.1, -0.05) is 98.4 Å². The summed E-state index contributed by atoms with van der Waals surface area (Å²) in [6, 6.07) is 9.43. The van der Waals surface area contributed by atoms with Crippen molar-refractivity contribution in [3.05, 3.63) is 35.4 Å². The van der Waals surface area contributed by atoms with Crippen molar-refractivity contribution in [2.45, 2.75) is 125 Å². The third kappa shape index (κ3) is 9.55. The highest BCUT2D eigenvalue weighted by atomic mass is 32.2. The van der Waals surface area contributed by atoms with Crippen molar-refractivity contribution in [3.63, 3.8) is 0 Å². The van der Waals surface area contributed by atoms with Crippen molar-refractivity contribution < 1.29 is 0 Å². The molecule has 0 saturated carbocycles. The Morgan fingerprint density at radius 2 is 0.906 bits per heavy atom. The highest BCUT2D eigenvalue weighted by Gasteiger charge is 2.32. The van der Waals surface area contributed by atoms with Crippen LogP contribution in [0.3, 0.4) is 0 Å². The maximum absolute atomic E-state index is 3.66. The van der Waals surface area contributed by atoms with E-state index in [2.05, 4.69) is 132 Å². The van der Waals surface area contributed by atoms with E-state index in [4.69, 9.17) is 0 Å². The van der Waals surface area contributed by atoms with E-state index < -0.39 is 0 Å². The monoisotopic (exact) mass is 456 g/mol. The molecule has 0 N–H and O–H groups in total. The zero-order chi connectivity index (χ0) is 25.2. The van der Waals surface area contributed by atoms with Crippen LogP contribution in [0.2, 0.25) is 0 Å². The van der Waals surface area contributed by atoms with Gasteiger partial charge in [-0.25, -0.2) is 0 Å². The Hall–Kier alpha value is -0.870. The van der Waals surface area contributed by atoms with Crippen LogP contribution in [0.1, 0.15) is 120 Å². The van der Waals surface area contributed by atoms with E-state index in [0.717, 1.165) is 19.3 Å². The smallest absolute Gasteiger partial charge is 0.0266 e. The van der Waals surface area contributed by atoms with Crippen LogP contribution in [-0.4, -0.2) is 11.0 Å². The van der Waals surface area contributed by atoms with Crippen LogP contribution in [-0.2, 0) is 10.8 Å². The number of rotatable bonds is 8. The van der Waals surface area contributed by atoms with Crippen LogP contribution in [0.5, 0.6) is 0 Å². The lowest BCUT2D eigenvalue weighted by molar-refractivity contribution is 0.269. The fourth-order valence-electron chi connectivity index (χ4n) is 5.57. The van der Waals surface area contributed by atoms with Crippen molar-refractivity contribution in [2.24, 2.45) is 16.2 Å². The van der Waals surface area contributed by atoms with E-state index in [-0.39, 0.29) is 26.4 Å². The molecule has 32 heavy (non-hydrogen) atoms. The predicted molar refractivity (Wildman–Crippen MR) is 149 cm³/mol. The molecule has 0 aliphatic carbocycles. The first-order valence-electron chi connectivity index (χ1n) is 12.3. The molecule has 0 saturated heterocycles. The van der Waals surface area contributed by atoms with Gasteiger partial charge in [0.05, 0.1) is 0 Å². The zero-order valence-electron chi connectivity index (χ0n) is 23.8.